The fourth-order valence-electron chi connectivity index (χ4n) is 0.712. The molecule has 5 heteroatoms. The van der Waals surface area contributed by atoms with Crippen LogP contribution in [0, 0.1) is 5.51 Å². The lowest BCUT2D eigenvalue weighted by Gasteiger charge is -1.93. The first-order valence-corrected chi connectivity index (χ1v) is 3.75. The summed E-state index contributed by atoms with van der Waals surface area (Å²) in [6, 6.07) is 0.344. The second-order valence-corrected chi connectivity index (χ2v) is 2.68. The van der Waals surface area contributed by atoms with Gasteiger partial charge in [-0.05, 0) is 0 Å². The third kappa shape index (κ3) is 1.03. The number of thiazole rings is 1. The Balaban J connectivity index is 2.67. The SMILES string of the molecule is COc1ncc2s[c]nc2n1. The Bertz CT molecular complexity index is 373. The Morgan fingerprint density at radius 3 is 3.36 bits per heavy atom. The van der Waals surface area contributed by atoms with Crippen molar-refractivity contribution in [2.24, 2.45) is 0 Å². The fraction of sp³-hybridized carbons (Fsp3) is 0.167. The summed E-state index contributed by atoms with van der Waals surface area (Å²) in [6.07, 6.45) is 1.68. The first-order valence-electron chi connectivity index (χ1n) is 2.94. The van der Waals surface area contributed by atoms with E-state index >= 15 is 0 Å². The monoisotopic (exact) mass is 166 g/mol. The second-order valence-electron chi connectivity index (χ2n) is 1.85. The summed E-state index contributed by atoms with van der Waals surface area (Å²) < 4.78 is 5.74. The molecule has 0 aliphatic rings. The third-order valence-corrected chi connectivity index (χ3v) is 1.89. The van der Waals surface area contributed by atoms with Gasteiger partial charge in [0.2, 0.25) is 0 Å². The van der Waals surface area contributed by atoms with Crippen LogP contribution in [0.2, 0.25) is 0 Å². The number of ether oxygens (including phenoxy) is 1. The van der Waals surface area contributed by atoms with Crippen molar-refractivity contribution in [1.29, 1.82) is 0 Å². The van der Waals surface area contributed by atoms with Crippen molar-refractivity contribution in [3.8, 4) is 6.01 Å². The van der Waals surface area contributed by atoms with Crippen molar-refractivity contribution in [3.63, 3.8) is 0 Å². The molecule has 0 N–H and O–H groups in total. The molecule has 0 spiro atoms. The number of hydrogen-bond donors (Lipinski definition) is 0. The molecule has 55 valence electrons. The zero-order chi connectivity index (χ0) is 7.68. The number of methoxy groups -OCH3 is 1. The number of hydrogen-bond acceptors (Lipinski definition) is 5. The highest BCUT2D eigenvalue weighted by Gasteiger charge is 2.00. The summed E-state index contributed by atoms with van der Waals surface area (Å²) in [5, 5.41) is 0. The second kappa shape index (κ2) is 2.43. The van der Waals surface area contributed by atoms with E-state index < -0.39 is 0 Å². The van der Waals surface area contributed by atoms with E-state index in [1.165, 1.54) is 18.4 Å². The summed E-state index contributed by atoms with van der Waals surface area (Å²) in [5.41, 5.74) is 3.36. The maximum atomic E-state index is 4.82. The molecular weight excluding hydrogens is 162 g/mol. The van der Waals surface area contributed by atoms with Gasteiger partial charge in [0, 0.05) is 0 Å². The first kappa shape index (κ1) is 6.48. The summed E-state index contributed by atoms with van der Waals surface area (Å²) in [5.74, 6) is 0. The van der Waals surface area contributed by atoms with E-state index in [1.807, 2.05) is 0 Å². The molecule has 2 aromatic heterocycles. The van der Waals surface area contributed by atoms with Crippen molar-refractivity contribution >= 4 is 21.7 Å². The summed E-state index contributed by atoms with van der Waals surface area (Å²) in [4.78, 5) is 11.8. The summed E-state index contributed by atoms with van der Waals surface area (Å²) >= 11 is 1.39. The zero-order valence-electron chi connectivity index (χ0n) is 5.74. The third-order valence-electron chi connectivity index (χ3n) is 1.20. The molecule has 0 bridgehead atoms. The van der Waals surface area contributed by atoms with Gasteiger partial charge in [-0.15, -0.1) is 11.3 Å². The maximum absolute atomic E-state index is 4.82. The zero-order valence-corrected chi connectivity index (χ0v) is 6.55. The summed E-state index contributed by atoms with van der Waals surface area (Å²) in [6.45, 7) is 0. The van der Waals surface area contributed by atoms with Gasteiger partial charge in [-0.2, -0.15) is 4.98 Å². The smallest absolute Gasteiger partial charge is 0.318 e. The predicted octanol–water partition coefficient (Wildman–Crippen LogP) is 0.895. The van der Waals surface area contributed by atoms with Crippen LogP contribution in [-0.4, -0.2) is 22.1 Å². The standard InChI is InChI=1S/C6H4N3OS/c1-10-6-7-2-4-5(9-6)8-3-11-4/h2H,1H3. The van der Waals surface area contributed by atoms with Crippen molar-refractivity contribution in [2.75, 3.05) is 7.11 Å². The van der Waals surface area contributed by atoms with E-state index in [1.54, 1.807) is 6.20 Å². The molecule has 2 heterocycles. The van der Waals surface area contributed by atoms with E-state index in [0.29, 0.717) is 11.7 Å². The van der Waals surface area contributed by atoms with Crippen LogP contribution in [0.4, 0.5) is 0 Å². The largest absolute Gasteiger partial charge is 0.467 e. The van der Waals surface area contributed by atoms with Crippen LogP contribution in [0.15, 0.2) is 6.20 Å². The molecule has 0 aliphatic heterocycles. The van der Waals surface area contributed by atoms with Crippen molar-refractivity contribution in [3.05, 3.63) is 11.7 Å². The van der Waals surface area contributed by atoms with Crippen LogP contribution < -0.4 is 4.74 Å². The van der Waals surface area contributed by atoms with Gasteiger partial charge < -0.3 is 4.74 Å². The highest BCUT2D eigenvalue weighted by atomic mass is 32.1. The van der Waals surface area contributed by atoms with Crippen LogP contribution in [0.5, 0.6) is 6.01 Å². The van der Waals surface area contributed by atoms with Crippen molar-refractivity contribution in [1.82, 2.24) is 15.0 Å². The molecule has 0 fully saturated rings. The van der Waals surface area contributed by atoms with Gasteiger partial charge >= 0.3 is 6.01 Å². The van der Waals surface area contributed by atoms with E-state index in [4.69, 9.17) is 4.74 Å². The Morgan fingerprint density at radius 1 is 1.64 bits per heavy atom. The van der Waals surface area contributed by atoms with Crippen LogP contribution >= 0.6 is 11.3 Å². The Labute approximate surface area is 66.9 Å². The average molecular weight is 166 g/mol. The van der Waals surface area contributed by atoms with Crippen LogP contribution in [0.3, 0.4) is 0 Å². The number of aromatic nitrogens is 3. The molecule has 0 aliphatic carbocycles. The molecule has 0 saturated carbocycles. The minimum absolute atomic E-state index is 0.344. The van der Waals surface area contributed by atoms with Crippen molar-refractivity contribution in [2.45, 2.75) is 0 Å². The average Bonchev–Trinajstić information content (AvgIpc) is 2.50. The molecule has 0 unspecified atom stereocenters. The minimum atomic E-state index is 0.344. The number of rotatable bonds is 1. The molecule has 4 nitrogen and oxygen atoms in total. The van der Waals surface area contributed by atoms with E-state index in [9.17, 15) is 0 Å². The van der Waals surface area contributed by atoms with Gasteiger partial charge in [0.25, 0.3) is 0 Å². The summed E-state index contributed by atoms with van der Waals surface area (Å²) in [7, 11) is 1.53. The maximum Gasteiger partial charge on any atom is 0.318 e. The van der Waals surface area contributed by atoms with Gasteiger partial charge in [-0.1, -0.05) is 0 Å². The molecule has 0 aromatic carbocycles. The highest BCUT2D eigenvalue weighted by molar-refractivity contribution is 7.16. The topological polar surface area (TPSA) is 47.9 Å². The molecule has 1 radical (unpaired) electrons. The van der Waals surface area contributed by atoms with Crippen molar-refractivity contribution < 1.29 is 4.74 Å². The predicted molar refractivity (Wildman–Crippen MR) is 40.6 cm³/mol. The molecule has 2 aromatic rings. The number of fused-ring (bicyclic) bond motifs is 1. The fourth-order valence-corrected chi connectivity index (χ4v) is 1.23. The van der Waals surface area contributed by atoms with Gasteiger partial charge in [0.15, 0.2) is 11.2 Å². The Kier molecular flexibility index (Phi) is 1.43. The Hall–Kier alpha value is -1.23. The molecule has 0 saturated heterocycles. The van der Waals surface area contributed by atoms with Gasteiger partial charge in [0.05, 0.1) is 18.0 Å². The normalized spacial score (nSPS) is 10.3. The van der Waals surface area contributed by atoms with Gasteiger partial charge in [-0.25, -0.2) is 9.97 Å². The lowest BCUT2D eigenvalue weighted by Crippen LogP contribution is -1.90. The van der Waals surface area contributed by atoms with Crippen LogP contribution in [0.25, 0.3) is 10.3 Å². The van der Waals surface area contributed by atoms with Gasteiger partial charge in [0.1, 0.15) is 0 Å². The molecule has 2 rings (SSSR count). The molecule has 0 atom stereocenters. The van der Waals surface area contributed by atoms with E-state index in [-0.39, 0.29) is 0 Å². The molecular formula is C6H4N3OS. The lowest BCUT2D eigenvalue weighted by molar-refractivity contribution is 0.381. The first-order chi connectivity index (χ1) is 5.40. The quantitative estimate of drug-likeness (QED) is 0.631. The van der Waals surface area contributed by atoms with E-state index in [0.717, 1.165) is 4.70 Å². The minimum Gasteiger partial charge on any atom is -0.467 e. The highest BCUT2D eigenvalue weighted by Crippen LogP contribution is 2.15. The Morgan fingerprint density at radius 2 is 2.55 bits per heavy atom. The molecule has 11 heavy (non-hydrogen) atoms. The van der Waals surface area contributed by atoms with Gasteiger partial charge in [-0.3, -0.25) is 0 Å². The molecule has 0 amide bonds. The van der Waals surface area contributed by atoms with Crippen LogP contribution in [0.1, 0.15) is 0 Å². The van der Waals surface area contributed by atoms with Crippen LogP contribution in [-0.2, 0) is 0 Å². The number of nitrogens with zero attached hydrogens (tertiary/aromatic N) is 3. The van der Waals surface area contributed by atoms with E-state index in [2.05, 4.69) is 20.5 Å². The lowest BCUT2D eigenvalue weighted by atomic mass is 10.6.